The molecule has 0 rings (SSSR count). The molecule has 0 saturated carbocycles. The van der Waals surface area contributed by atoms with Crippen LogP contribution in [0.4, 0.5) is 0 Å². The first-order valence-corrected chi connectivity index (χ1v) is 37.7. The van der Waals surface area contributed by atoms with E-state index in [2.05, 4.69) is 55.4 Å². The molecule has 0 aromatic heterocycles. The molecule has 3 unspecified atom stereocenters. The number of ether oxygens (including phenoxy) is 4. The Balaban J connectivity index is 5.24. The predicted octanol–water partition coefficient (Wildman–Crippen LogP) is 18.5. The lowest BCUT2D eigenvalue weighted by molar-refractivity contribution is -0.161. The molecule has 3 N–H and O–H groups in total. The van der Waals surface area contributed by atoms with Gasteiger partial charge in [0.2, 0.25) is 0 Å². The minimum absolute atomic E-state index is 0.102. The molecule has 0 aliphatic heterocycles. The normalized spacial score (nSPS) is 14.4. The monoisotopic (exact) mass is 1270 g/mol. The largest absolute Gasteiger partial charge is 0.472 e. The molecule has 0 aliphatic rings. The molecule has 0 fully saturated rings. The fourth-order valence-corrected chi connectivity index (χ4v) is 11.5. The molecule has 0 amide bonds. The van der Waals surface area contributed by atoms with Crippen molar-refractivity contribution in [3.05, 3.63) is 0 Å². The van der Waals surface area contributed by atoms with E-state index in [1.54, 1.807) is 0 Å². The van der Waals surface area contributed by atoms with Crippen molar-refractivity contribution < 1.29 is 80.2 Å². The number of esters is 4. The minimum atomic E-state index is -4.95. The molecule has 0 heterocycles. The Morgan fingerprint density at radius 2 is 0.488 bits per heavy atom. The van der Waals surface area contributed by atoms with Gasteiger partial charge in [-0.15, -0.1) is 0 Å². The van der Waals surface area contributed by atoms with E-state index in [0.29, 0.717) is 37.5 Å². The average molecular weight is 1270 g/mol. The Labute approximate surface area is 524 Å². The second-order valence-corrected chi connectivity index (χ2v) is 29.0. The average Bonchev–Trinajstić information content (AvgIpc) is 3.57. The van der Waals surface area contributed by atoms with Gasteiger partial charge in [-0.05, 0) is 49.4 Å². The number of unbranched alkanes of at least 4 members (excludes halogenated alkanes) is 30. The molecule has 0 radical (unpaired) electrons. The van der Waals surface area contributed by atoms with Gasteiger partial charge in [0.05, 0.1) is 26.4 Å². The standard InChI is InChI=1S/C67H130O17P2/c1-57(2)43-35-27-19-13-11-9-10-12-14-24-33-41-49-66(71)83-62(54-78-65(70)48-40-32-25-17-21-29-37-45-59(5)6)55-81-85(73,74)79-51-61(68)52-80-86(75,76)82-56-63(84-67(72)50-42-34-26-18-22-30-38-46-60(7)8)53-77-64(69)47-39-31-23-16-15-20-28-36-44-58(3)4/h57-63,68H,9-56H2,1-8H3,(H,73,74)(H,75,76)/t61?,62-,63-/m1/s1. The third-order valence-electron chi connectivity index (χ3n) is 15.3. The zero-order valence-corrected chi connectivity index (χ0v) is 57.7. The van der Waals surface area contributed by atoms with E-state index in [1.165, 1.54) is 122 Å². The molecule has 0 spiro atoms. The van der Waals surface area contributed by atoms with Crippen LogP contribution < -0.4 is 0 Å². The lowest BCUT2D eigenvalue weighted by Crippen LogP contribution is -2.30. The van der Waals surface area contributed by atoms with Crippen LogP contribution in [0.15, 0.2) is 0 Å². The van der Waals surface area contributed by atoms with Crippen LogP contribution >= 0.6 is 15.6 Å². The van der Waals surface area contributed by atoms with Gasteiger partial charge in [0.25, 0.3) is 0 Å². The first-order chi connectivity index (χ1) is 41.1. The number of hydrogen-bond donors (Lipinski definition) is 3. The third kappa shape index (κ3) is 60.9. The van der Waals surface area contributed by atoms with Crippen LogP contribution in [0.5, 0.6) is 0 Å². The maximum atomic E-state index is 13.0. The van der Waals surface area contributed by atoms with Gasteiger partial charge in [-0.1, -0.05) is 274 Å². The molecule has 0 bridgehead atoms. The van der Waals surface area contributed by atoms with Crippen molar-refractivity contribution in [2.75, 3.05) is 39.6 Å². The molecule has 0 saturated heterocycles. The van der Waals surface area contributed by atoms with E-state index in [1.807, 2.05) is 0 Å². The molecule has 0 aliphatic carbocycles. The van der Waals surface area contributed by atoms with Crippen molar-refractivity contribution in [2.24, 2.45) is 23.7 Å². The molecule has 5 atom stereocenters. The highest BCUT2D eigenvalue weighted by Gasteiger charge is 2.30. The number of phosphoric acid groups is 2. The van der Waals surface area contributed by atoms with E-state index < -0.39 is 97.5 Å². The maximum absolute atomic E-state index is 13.0. The highest BCUT2D eigenvalue weighted by molar-refractivity contribution is 7.47. The van der Waals surface area contributed by atoms with Crippen LogP contribution in [0.2, 0.25) is 0 Å². The number of aliphatic hydroxyl groups excluding tert-OH is 1. The molecular formula is C67H130O17P2. The third-order valence-corrected chi connectivity index (χ3v) is 17.2. The topological polar surface area (TPSA) is 237 Å². The smallest absolute Gasteiger partial charge is 0.462 e. The second-order valence-electron chi connectivity index (χ2n) is 26.1. The summed E-state index contributed by atoms with van der Waals surface area (Å²) in [7, 11) is -9.90. The number of carbonyl (C=O) groups is 4. The maximum Gasteiger partial charge on any atom is 0.472 e. The Morgan fingerprint density at radius 3 is 0.721 bits per heavy atom. The summed E-state index contributed by atoms with van der Waals surface area (Å²) in [6, 6.07) is 0. The zero-order valence-electron chi connectivity index (χ0n) is 55.9. The van der Waals surface area contributed by atoms with Crippen molar-refractivity contribution in [2.45, 2.75) is 343 Å². The highest BCUT2D eigenvalue weighted by atomic mass is 31.2. The van der Waals surface area contributed by atoms with Crippen LogP contribution in [0.1, 0.15) is 325 Å². The van der Waals surface area contributed by atoms with E-state index in [9.17, 15) is 43.2 Å². The Morgan fingerprint density at radius 1 is 0.291 bits per heavy atom. The Bertz CT molecular complexity index is 1710. The van der Waals surface area contributed by atoms with E-state index >= 15 is 0 Å². The van der Waals surface area contributed by atoms with Gasteiger partial charge >= 0.3 is 39.5 Å². The molecule has 17 nitrogen and oxygen atoms in total. The van der Waals surface area contributed by atoms with Crippen molar-refractivity contribution in [3.63, 3.8) is 0 Å². The van der Waals surface area contributed by atoms with Gasteiger partial charge in [-0.25, -0.2) is 9.13 Å². The van der Waals surface area contributed by atoms with Gasteiger partial charge in [0.1, 0.15) is 19.3 Å². The molecule has 0 aromatic rings. The van der Waals surface area contributed by atoms with Crippen LogP contribution in [0, 0.1) is 23.7 Å². The second kappa shape index (κ2) is 57.0. The summed E-state index contributed by atoms with van der Waals surface area (Å²) in [4.78, 5) is 72.3. The summed E-state index contributed by atoms with van der Waals surface area (Å²) in [5.41, 5.74) is 0. The summed E-state index contributed by atoms with van der Waals surface area (Å²) in [5, 5.41) is 10.6. The molecular weight excluding hydrogens is 1140 g/mol. The van der Waals surface area contributed by atoms with Crippen molar-refractivity contribution in [1.29, 1.82) is 0 Å². The Kier molecular flexibility index (Phi) is 55.7. The van der Waals surface area contributed by atoms with E-state index in [4.69, 9.17) is 37.0 Å². The summed E-state index contributed by atoms with van der Waals surface area (Å²) in [5.74, 6) is 0.767. The lowest BCUT2D eigenvalue weighted by atomic mass is 10.0. The van der Waals surface area contributed by atoms with E-state index in [-0.39, 0.29) is 25.7 Å². The molecule has 19 heteroatoms. The van der Waals surface area contributed by atoms with Crippen molar-refractivity contribution in [3.8, 4) is 0 Å². The number of hydrogen-bond acceptors (Lipinski definition) is 15. The summed E-state index contributed by atoms with van der Waals surface area (Å²) in [6.07, 6.45) is 37.8. The number of aliphatic hydroxyl groups is 1. The molecule has 86 heavy (non-hydrogen) atoms. The molecule has 0 aromatic carbocycles. The van der Waals surface area contributed by atoms with Crippen LogP contribution in [0.3, 0.4) is 0 Å². The predicted molar refractivity (Wildman–Crippen MR) is 344 cm³/mol. The number of phosphoric ester groups is 2. The van der Waals surface area contributed by atoms with Crippen molar-refractivity contribution >= 4 is 39.5 Å². The summed E-state index contributed by atoms with van der Waals surface area (Å²) >= 11 is 0. The lowest BCUT2D eigenvalue weighted by Gasteiger charge is -2.21. The number of carbonyl (C=O) groups excluding carboxylic acids is 4. The van der Waals surface area contributed by atoms with Crippen LogP contribution in [0.25, 0.3) is 0 Å². The van der Waals surface area contributed by atoms with E-state index in [0.717, 1.165) is 108 Å². The first kappa shape index (κ1) is 84.1. The summed E-state index contributed by atoms with van der Waals surface area (Å²) < 4.78 is 68.1. The Hall–Kier alpha value is -1.94. The quantitative estimate of drug-likeness (QED) is 0.0222. The SMILES string of the molecule is CC(C)CCCCCCCCCCCCCCC(=O)O[C@H](COC(=O)CCCCCCCCCC(C)C)COP(=O)(O)OCC(O)COP(=O)(O)OC[C@@H](COC(=O)CCCCCCCCCCC(C)C)OC(=O)CCCCCCCCCC(C)C. The fraction of sp³-hybridized carbons (Fsp3) is 0.940. The van der Waals surface area contributed by atoms with Crippen LogP contribution in [-0.4, -0.2) is 96.7 Å². The van der Waals surface area contributed by atoms with Crippen LogP contribution in [-0.2, 0) is 65.4 Å². The van der Waals surface area contributed by atoms with Gasteiger partial charge in [-0.3, -0.25) is 37.3 Å². The van der Waals surface area contributed by atoms with Crippen molar-refractivity contribution in [1.82, 2.24) is 0 Å². The summed E-state index contributed by atoms with van der Waals surface area (Å²) in [6.45, 7) is 14.0. The minimum Gasteiger partial charge on any atom is -0.462 e. The zero-order chi connectivity index (χ0) is 63.9. The van der Waals surface area contributed by atoms with Gasteiger partial charge in [0.15, 0.2) is 12.2 Å². The van der Waals surface area contributed by atoms with Gasteiger partial charge < -0.3 is 33.8 Å². The van der Waals surface area contributed by atoms with Gasteiger partial charge in [0, 0.05) is 25.7 Å². The molecule has 510 valence electrons. The number of rotatable bonds is 64. The highest BCUT2D eigenvalue weighted by Crippen LogP contribution is 2.45. The van der Waals surface area contributed by atoms with Gasteiger partial charge in [-0.2, -0.15) is 0 Å². The fourth-order valence-electron chi connectivity index (χ4n) is 9.96. The first-order valence-electron chi connectivity index (χ1n) is 34.7.